The van der Waals surface area contributed by atoms with Crippen LogP contribution in [0.1, 0.15) is 12.5 Å². The van der Waals surface area contributed by atoms with E-state index in [1.807, 2.05) is 6.92 Å². The number of phenols is 1. The summed E-state index contributed by atoms with van der Waals surface area (Å²) < 4.78 is 24.1. The van der Waals surface area contributed by atoms with E-state index in [-0.39, 0.29) is 5.75 Å². The molecule has 0 saturated heterocycles. The van der Waals surface area contributed by atoms with Crippen LogP contribution in [0, 0.1) is 0 Å². The van der Waals surface area contributed by atoms with Crippen LogP contribution in [0.15, 0.2) is 18.2 Å². The summed E-state index contributed by atoms with van der Waals surface area (Å²) >= 11 is 0. The van der Waals surface area contributed by atoms with Gasteiger partial charge < -0.3 is 5.11 Å². The monoisotopic (exact) mass is 215 g/mol. The Kier molecular flexibility index (Phi) is 3.00. The Labute approximate surface area is 83.6 Å². The van der Waals surface area contributed by atoms with Crippen LogP contribution in [0.2, 0.25) is 0 Å². The fourth-order valence-corrected chi connectivity index (χ4v) is 1.70. The maximum absolute atomic E-state index is 10.9. The Balaban J connectivity index is 3.04. The molecule has 5 heteroatoms. The zero-order chi connectivity index (χ0) is 10.8. The number of anilines is 1. The summed E-state index contributed by atoms with van der Waals surface area (Å²) in [5, 5.41) is 9.29. The van der Waals surface area contributed by atoms with Crippen LogP contribution in [0.25, 0.3) is 0 Å². The number of phenolic OH excluding ortho intramolecular Hbond substituents is 1. The normalized spacial score (nSPS) is 11.3. The van der Waals surface area contributed by atoms with Crippen molar-refractivity contribution < 1.29 is 13.5 Å². The molecule has 0 atom stereocenters. The van der Waals surface area contributed by atoms with Crippen molar-refractivity contribution in [3.63, 3.8) is 0 Å². The molecule has 0 unspecified atom stereocenters. The second-order valence-corrected chi connectivity index (χ2v) is 4.86. The smallest absolute Gasteiger partial charge is 0.229 e. The SMILES string of the molecule is CCc1cc(O)cc(NS(C)(=O)=O)c1. The molecule has 0 spiro atoms. The standard InChI is InChI=1S/C9H13NO3S/c1-3-7-4-8(6-9(11)5-7)10-14(2,12)13/h4-6,10-11H,3H2,1-2H3. The molecule has 1 aromatic rings. The van der Waals surface area contributed by atoms with Gasteiger partial charge in [0.1, 0.15) is 5.75 Å². The van der Waals surface area contributed by atoms with Crippen molar-refractivity contribution in [2.45, 2.75) is 13.3 Å². The van der Waals surface area contributed by atoms with Gasteiger partial charge in [0.05, 0.1) is 11.9 Å². The average molecular weight is 215 g/mol. The highest BCUT2D eigenvalue weighted by Crippen LogP contribution is 2.20. The zero-order valence-electron chi connectivity index (χ0n) is 8.11. The molecule has 2 N–H and O–H groups in total. The van der Waals surface area contributed by atoms with Gasteiger partial charge in [-0.2, -0.15) is 0 Å². The topological polar surface area (TPSA) is 66.4 Å². The van der Waals surface area contributed by atoms with Gasteiger partial charge in [-0.05, 0) is 24.1 Å². The first-order valence-electron chi connectivity index (χ1n) is 4.21. The lowest BCUT2D eigenvalue weighted by atomic mass is 10.1. The molecule has 14 heavy (non-hydrogen) atoms. The summed E-state index contributed by atoms with van der Waals surface area (Å²) in [7, 11) is -3.28. The van der Waals surface area contributed by atoms with Crippen molar-refractivity contribution in [3.05, 3.63) is 23.8 Å². The Morgan fingerprint density at radius 2 is 2.00 bits per heavy atom. The Morgan fingerprint density at radius 1 is 1.36 bits per heavy atom. The Hall–Kier alpha value is -1.23. The van der Waals surface area contributed by atoms with Crippen molar-refractivity contribution >= 4 is 15.7 Å². The molecule has 0 heterocycles. The summed E-state index contributed by atoms with van der Waals surface area (Å²) in [6.07, 6.45) is 1.81. The van der Waals surface area contributed by atoms with Gasteiger partial charge in [0.15, 0.2) is 0 Å². The number of aryl methyl sites for hydroxylation is 1. The maximum atomic E-state index is 10.9. The predicted octanol–water partition coefficient (Wildman–Crippen LogP) is 1.33. The minimum Gasteiger partial charge on any atom is -0.508 e. The molecule has 0 aliphatic carbocycles. The van der Waals surface area contributed by atoms with Gasteiger partial charge in [-0.1, -0.05) is 6.92 Å². The Morgan fingerprint density at radius 3 is 2.50 bits per heavy atom. The number of aromatic hydroxyl groups is 1. The molecule has 1 rings (SSSR count). The van der Waals surface area contributed by atoms with Crippen molar-refractivity contribution in [1.82, 2.24) is 0 Å². The number of hydrogen-bond donors (Lipinski definition) is 2. The third-order valence-electron chi connectivity index (χ3n) is 1.69. The van der Waals surface area contributed by atoms with Crippen LogP contribution in [0.5, 0.6) is 5.75 Å². The van der Waals surface area contributed by atoms with Crippen LogP contribution in [-0.4, -0.2) is 19.8 Å². The predicted molar refractivity (Wildman–Crippen MR) is 56.0 cm³/mol. The van der Waals surface area contributed by atoms with Gasteiger partial charge in [-0.3, -0.25) is 4.72 Å². The molecule has 0 fully saturated rings. The molecule has 1 aromatic carbocycles. The summed E-state index contributed by atoms with van der Waals surface area (Å²) in [5.74, 6) is 0.0653. The van der Waals surface area contributed by atoms with Crippen LogP contribution in [0.4, 0.5) is 5.69 Å². The van der Waals surface area contributed by atoms with E-state index >= 15 is 0 Å². The minimum absolute atomic E-state index is 0.0653. The molecule has 0 aromatic heterocycles. The minimum atomic E-state index is -3.28. The number of sulfonamides is 1. The molecular formula is C9H13NO3S. The summed E-state index contributed by atoms with van der Waals surface area (Å²) in [5.41, 5.74) is 1.28. The molecule has 0 amide bonds. The maximum Gasteiger partial charge on any atom is 0.229 e. The lowest BCUT2D eigenvalue weighted by Crippen LogP contribution is -2.09. The van der Waals surface area contributed by atoms with E-state index in [0.717, 1.165) is 18.2 Å². The first-order valence-corrected chi connectivity index (χ1v) is 6.10. The highest BCUT2D eigenvalue weighted by molar-refractivity contribution is 7.92. The number of rotatable bonds is 3. The summed E-state index contributed by atoms with van der Waals surface area (Å²) in [4.78, 5) is 0. The molecular weight excluding hydrogens is 202 g/mol. The van der Waals surface area contributed by atoms with Gasteiger partial charge in [0.25, 0.3) is 0 Å². The molecule has 78 valence electrons. The highest BCUT2D eigenvalue weighted by Gasteiger charge is 2.04. The van der Waals surface area contributed by atoms with Gasteiger partial charge in [0.2, 0.25) is 10.0 Å². The lowest BCUT2D eigenvalue weighted by Gasteiger charge is -2.06. The van der Waals surface area contributed by atoms with Gasteiger partial charge >= 0.3 is 0 Å². The molecule has 0 radical (unpaired) electrons. The van der Waals surface area contributed by atoms with Crippen LogP contribution in [-0.2, 0) is 16.4 Å². The van der Waals surface area contributed by atoms with Crippen LogP contribution in [0.3, 0.4) is 0 Å². The van der Waals surface area contributed by atoms with Crippen molar-refractivity contribution in [2.24, 2.45) is 0 Å². The fourth-order valence-electron chi connectivity index (χ4n) is 1.15. The fraction of sp³-hybridized carbons (Fsp3) is 0.333. The van der Waals surface area contributed by atoms with Crippen molar-refractivity contribution in [2.75, 3.05) is 11.0 Å². The van der Waals surface area contributed by atoms with Crippen LogP contribution < -0.4 is 4.72 Å². The third kappa shape index (κ3) is 3.26. The molecule has 0 aliphatic heterocycles. The number of nitrogens with one attached hydrogen (secondary N) is 1. The first-order chi connectivity index (χ1) is 6.40. The molecule has 4 nitrogen and oxygen atoms in total. The van der Waals surface area contributed by atoms with E-state index in [1.54, 1.807) is 12.1 Å². The van der Waals surface area contributed by atoms with Gasteiger partial charge in [-0.15, -0.1) is 0 Å². The summed E-state index contributed by atoms with van der Waals surface area (Å²) in [6, 6.07) is 4.68. The van der Waals surface area contributed by atoms with E-state index < -0.39 is 10.0 Å². The number of benzene rings is 1. The molecule has 0 aliphatic rings. The molecule has 0 saturated carbocycles. The average Bonchev–Trinajstić information content (AvgIpc) is 1.99. The van der Waals surface area contributed by atoms with Crippen LogP contribution >= 0.6 is 0 Å². The first kappa shape index (κ1) is 10.8. The van der Waals surface area contributed by atoms with E-state index in [9.17, 15) is 13.5 Å². The molecule has 0 bridgehead atoms. The zero-order valence-corrected chi connectivity index (χ0v) is 8.93. The van der Waals surface area contributed by atoms with Gasteiger partial charge in [-0.25, -0.2) is 8.42 Å². The van der Waals surface area contributed by atoms with E-state index in [4.69, 9.17) is 0 Å². The van der Waals surface area contributed by atoms with E-state index in [0.29, 0.717) is 5.69 Å². The third-order valence-corrected chi connectivity index (χ3v) is 2.30. The summed E-state index contributed by atoms with van der Waals surface area (Å²) in [6.45, 7) is 1.93. The second-order valence-electron chi connectivity index (χ2n) is 3.12. The number of hydrogen-bond acceptors (Lipinski definition) is 3. The van der Waals surface area contributed by atoms with Gasteiger partial charge in [0, 0.05) is 6.07 Å². The van der Waals surface area contributed by atoms with E-state index in [2.05, 4.69) is 4.72 Å². The highest BCUT2D eigenvalue weighted by atomic mass is 32.2. The van der Waals surface area contributed by atoms with Crippen molar-refractivity contribution in [1.29, 1.82) is 0 Å². The quantitative estimate of drug-likeness (QED) is 0.799. The van der Waals surface area contributed by atoms with Crippen molar-refractivity contribution in [3.8, 4) is 5.75 Å². The lowest BCUT2D eigenvalue weighted by molar-refractivity contribution is 0.475. The largest absolute Gasteiger partial charge is 0.508 e. The Bertz CT molecular complexity index is 426. The van der Waals surface area contributed by atoms with E-state index in [1.165, 1.54) is 6.07 Å². The second kappa shape index (κ2) is 3.88.